The van der Waals surface area contributed by atoms with Gasteiger partial charge in [0.15, 0.2) is 0 Å². The fourth-order valence-corrected chi connectivity index (χ4v) is 1.59. The lowest BCUT2D eigenvalue weighted by Crippen LogP contribution is -2.15. The van der Waals surface area contributed by atoms with E-state index < -0.39 is 0 Å². The fourth-order valence-electron chi connectivity index (χ4n) is 1.59. The highest BCUT2D eigenvalue weighted by molar-refractivity contribution is 5.06. The van der Waals surface area contributed by atoms with Crippen molar-refractivity contribution in [3.8, 4) is 0 Å². The Balaban J connectivity index is 2.07. The lowest BCUT2D eigenvalue weighted by atomic mass is 10.1. The van der Waals surface area contributed by atoms with Gasteiger partial charge in [-0.1, -0.05) is 13.8 Å². The van der Waals surface area contributed by atoms with Gasteiger partial charge in [0.1, 0.15) is 11.5 Å². The second kappa shape index (κ2) is 7.47. The van der Waals surface area contributed by atoms with Crippen LogP contribution < -0.4 is 5.32 Å². The Morgan fingerprint density at radius 1 is 1.38 bits per heavy atom. The standard InChI is InChI=1S/C13H23NO2/c1-3-12-6-7-13(16-12)9-14-8-4-5-11(2)10-15/h6-7,11,14-15H,3-5,8-10H2,1-2H3. The van der Waals surface area contributed by atoms with Crippen LogP contribution >= 0.6 is 0 Å². The number of nitrogens with one attached hydrogen (secondary N) is 1. The summed E-state index contributed by atoms with van der Waals surface area (Å²) in [4.78, 5) is 0. The molecule has 1 rings (SSSR count). The van der Waals surface area contributed by atoms with E-state index in [1.807, 2.05) is 12.1 Å². The van der Waals surface area contributed by atoms with E-state index in [0.717, 1.165) is 43.9 Å². The quantitative estimate of drug-likeness (QED) is 0.667. The molecule has 0 aromatic carbocycles. The number of furan rings is 1. The first kappa shape index (κ1) is 13.3. The minimum atomic E-state index is 0.290. The highest BCUT2D eigenvalue weighted by atomic mass is 16.3. The van der Waals surface area contributed by atoms with Gasteiger partial charge in [0, 0.05) is 13.0 Å². The zero-order valence-electron chi connectivity index (χ0n) is 10.3. The molecule has 1 aromatic heterocycles. The first-order valence-corrected chi connectivity index (χ1v) is 6.15. The van der Waals surface area contributed by atoms with E-state index in [4.69, 9.17) is 9.52 Å². The monoisotopic (exact) mass is 225 g/mol. The van der Waals surface area contributed by atoms with Crippen molar-refractivity contribution in [3.05, 3.63) is 23.7 Å². The normalized spacial score (nSPS) is 12.9. The van der Waals surface area contributed by atoms with Gasteiger partial charge in [0.05, 0.1) is 6.54 Å². The van der Waals surface area contributed by atoms with Crippen LogP contribution in [0, 0.1) is 5.92 Å². The molecule has 2 N–H and O–H groups in total. The van der Waals surface area contributed by atoms with Gasteiger partial charge in [-0.2, -0.15) is 0 Å². The van der Waals surface area contributed by atoms with Crippen LogP contribution in [0.15, 0.2) is 16.5 Å². The Kier molecular flexibility index (Phi) is 6.19. The summed E-state index contributed by atoms with van der Waals surface area (Å²) in [6, 6.07) is 4.06. The van der Waals surface area contributed by atoms with Gasteiger partial charge in [-0.25, -0.2) is 0 Å². The molecule has 0 aliphatic carbocycles. The van der Waals surface area contributed by atoms with Crippen molar-refractivity contribution in [2.75, 3.05) is 13.2 Å². The second-order valence-corrected chi connectivity index (χ2v) is 4.33. The van der Waals surface area contributed by atoms with Crippen LogP contribution in [-0.4, -0.2) is 18.3 Å². The number of aryl methyl sites for hydroxylation is 1. The van der Waals surface area contributed by atoms with Gasteiger partial charge >= 0.3 is 0 Å². The topological polar surface area (TPSA) is 45.4 Å². The molecule has 0 bridgehead atoms. The van der Waals surface area contributed by atoms with E-state index in [9.17, 15) is 0 Å². The molecule has 0 aliphatic heterocycles. The van der Waals surface area contributed by atoms with Crippen LogP contribution in [0.3, 0.4) is 0 Å². The smallest absolute Gasteiger partial charge is 0.117 e. The molecule has 3 nitrogen and oxygen atoms in total. The molecule has 1 unspecified atom stereocenters. The summed E-state index contributed by atoms with van der Waals surface area (Å²) in [6.07, 6.45) is 3.12. The summed E-state index contributed by atoms with van der Waals surface area (Å²) in [7, 11) is 0. The molecule has 0 spiro atoms. The van der Waals surface area contributed by atoms with Crippen LogP contribution in [0.25, 0.3) is 0 Å². The van der Waals surface area contributed by atoms with Crippen LogP contribution in [-0.2, 0) is 13.0 Å². The van der Waals surface area contributed by atoms with Crippen molar-refractivity contribution in [3.63, 3.8) is 0 Å². The first-order valence-electron chi connectivity index (χ1n) is 6.15. The van der Waals surface area contributed by atoms with Gasteiger partial charge in [0.2, 0.25) is 0 Å². The molecule has 3 heteroatoms. The minimum absolute atomic E-state index is 0.290. The maximum Gasteiger partial charge on any atom is 0.117 e. The van der Waals surface area contributed by atoms with E-state index >= 15 is 0 Å². The Morgan fingerprint density at radius 2 is 2.12 bits per heavy atom. The zero-order valence-corrected chi connectivity index (χ0v) is 10.3. The van der Waals surface area contributed by atoms with E-state index in [1.165, 1.54) is 0 Å². The van der Waals surface area contributed by atoms with Gasteiger partial charge in [0.25, 0.3) is 0 Å². The summed E-state index contributed by atoms with van der Waals surface area (Å²) < 4.78 is 5.58. The average molecular weight is 225 g/mol. The lowest BCUT2D eigenvalue weighted by molar-refractivity contribution is 0.228. The van der Waals surface area contributed by atoms with E-state index in [-0.39, 0.29) is 6.61 Å². The lowest BCUT2D eigenvalue weighted by Gasteiger charge is -2.07. The summed E-state index contributed by atoms with van der Waals surface area (Å²) in [5.74, 6) is 2.47. The number of aliphatic hydroxyl groups excluding tert-OH is 1. The Hall–Kier alpha value is -0.800. The molecule has 1 aromatic rings. The van der Waals surface area contributed by atoms with Crippen molar-refractivity contribution in [1.29, 1.82) is 0 Å². The number of hydrogen-bond donors (Lipinski definition) is 2. The van der Waals surface area contributed by atoms with Crippen LogP contribution in [0.2, 0.25) is 0 Å². The largest absolute Gasteiger partial charge is 0.465 e. The second-order valence-electron chi connectivity index (χ2n) is 4.33. The van der Waals surface area contributed by atoms with E-state index in [1.54, 1.807) is 0 Å². The predicted octanol–water partition coefficient (Wildman–Crippen LogP) is 2.34. The van der Waals surface area contributed by atoms with Gasteiger partial charge in [-0.05, 0) is 37.4 Å². The Labute approximate surface area is 97.9 Å². The molecule has 0 aliphatic rings. The molecule has 0 saturated carbocycles. The molecule has 16 heavy (non-hydrogen) atoms. The van der Waals surface area contributed by atoms with Crippen LogP contribution in [0.4, 0.5) is 0 Å². The van der Waals surface area contributed by atoms with Crippen molar-refractivity contribution in [2.45, 2.75) is 39.7 Å². The SMILES string of the molecule is CCc1ccc(CNCCCC(C)CO)o1. The molecule has 1 heterocycles. The number of rotatable bonds is 8. The van der Waals surface area contributed by atoms with Gasteiger partial charge in [-0.3, -0.25) is 0 Å². The predicted molar refractivity (Wildman–Crippen MR) is 65.3 cm³/mol. The molecule has 0 fully saturated rings. The summed E-state index contributed by atoms with van der Waals surface area (Å²) in [6.45, 7) is 6.23. The highest BCUT2D eigenvalue weighted by Crippen LogP contribution is 2.08. The summed E-state index contributed by atoms with van der Waals surface area (Å²) in [5.41, 5.74) is 0. The number of hydrogen-bond acceptors (Lipinski definition) is 3. The molecular formula is C13H23NO2. The van der Waals surface area contributed by atoms with Crippen LogP contribution in [0.1, 0.15) is 38.2 Å². The highest BCUT2D eigenvalue weighted by Gasteiger charge is 2.01. The molecular weight excluding hydrogens is 202 g/mol. The van der Waals surface area contributed by atoms with Crippen molar-refractivity contribution in [2.24, 2.45) is 5.92 Å². The third-order valence-electron chi connectivity index (χ3n) is 2.73. The Morgan fingerprint density at radius 3 is 2.75 bits per heavy atom. The molecule has 92 valence electrons. The van der Waals surface area contributed by atoms with Crippen molar-refractivity contribution < 1.29 is 9.52 Å². The maximum atomic E-state index is 8.86. The summed E-state index contributed by atoms with van der Waals surface area (Å²) >= 11 is 0. The van der Waals surface area contributed by atoms with E-state index in [2.05, 4.69) is 19.2 Å². The number of aliphatic hydroxyl groups is 1. The Bertz CT molecular complexity index is 283. The van der Waals surface area contributed by atoms with Gasteiger partial charge in [-0.15, -0.1) is 0 Å². The molecule has 0 amide bonds. The van der Waals surface area contributed by atoms with Crippen molar-refractivity contribution in [1.82, 2.24) is 5.32 Å². The van der Waals surface area contributed by atoms with Crippen molar-refractivity contribution >= 4 is 0 Å². The maximum absolute atomic E-state index is 8.86. The fraction of sp³-hybridized carbons (Fsp3) is 0.692. The average Bonchev–Trinajstić information content (AvgIpc) is 2.76. The van der Waals surface area contributed by atoms with E-state index in [0.29, 0.717) is 5.92 Å². The van der Waals surface area contributed by atoms with Crippen LogP contribution in [0.5, 0.6) is 0 Å². The molecule has 0 saturated heterocycles. The first-order chi connectivity index (χ1) is 7.76. The summed E-state index contributed by atoms with van der Waals surface area (Å²) in [5, 5.41) is 12.2. The third kappa shape index (κ3) is 4.81. The van der Waals surface area contributed by atoms with Gasteiger partial charge < -0.3 is 14.8 Å². The third-order valence-corrected chi connectivity index (χ3v) is 2.73. The zero-order chi connectivity index (χ0) is 11.8. The molecule has 0 radical (unpaired) electrons. The minimum Gasteiger partial charge on any atom is -0.465 e. The molecule has 1 atom stereocenters.